The molecule has 0 spiro atoms. The lowest BCUT2D eigenvalue weighted by molar-refractivity contribution is -0.139. The molecule has 3 nitrogen and oxygen atoms in total. The number of aliphatic carboxylic acids is 1. The van der Waals surface area contributed by atoms with Gasteiger partial charge >= 0.3 is 5.97 Å². The van der Waals surface area contributed by atoms with Gasteiger partial charge in [0.2, 0.25) is 0 Å². The lowest BCUT2D eigenvalue weighted by atomic mass is 9.77. The third kappa shape index (κ3) is 1.16. The monoisotopic (exact) mass is 192 g/mol. The van der Waals surface area contributed by atoms with Crippen molar-refractivity contribution in [2.24, 2.45) is 0 Å². The first-order chi connectivity index (χ1) is 6.63. The predicted octanol–water partition coefficient (Wildman–Crippen LogP) is 1.73. The maximum Gasteiger partial charge on any atom is 0.311 e. The van der Waals surface area contributed by atoms with Crippen LogP contribution in [0.2, 0.25) is 0 Å². The maximum absolute atomic E-state index is 10.8. The first-order valence-corrected chi connectivity index (χ1v) is 4.53. The molecular formula is C11H12O3. The molecule has 3 heteroatoms. The highest BCUT2D eigenvalue weighted by molar-refractivity contribution is 5.80. The molecule has 1 atom stereocenters. The summed E-state index contributed by atoms with van der Waals surface area (Å²) in [5.74, 6) is -0.204. The molecule has 1 N–H and O–H groups in total. The highest BCUT2D eigenvalue weighted by Crippen LogP contribution is 2.39. The Kier molecular flexibility index (Phi) is 1.95. The molecule has 1 aromatic rings. The Morgan fingerprint density at radius 2 is 2.29 bits per heavy atom. The van der Waals surface area contributed by atoms with Crippen LogP contribution in [0.3, 0.4) is 0 Å². The van der Waals surface area contributed by atoms with Gasteiger partial charge in [0.05, 0.1) is 13.0 Å². The van der Waals surface area contributed by atoms with Crippen LogP contribution in [0.25, 0.3) is 0 Å². The summed E-state index contributed by atoms with van der Waals surface area (Å²) >= 11 is 0. The van der Waals surface area contributed by atoms with E-state index in [0.717, 1.165) is 22.4 Å². The Bertz CT molecular complexity index is 396. The molecule has 1 aliphatic rings. The fourth-order valence-electron chi connectivity index (χ4n) is 1.89. The molecule has 1 aromatic carbocycles. The second kappa shape index (κ2) is 3.01. The van der Waals surface area contributed by atoms with E-state index in [2.05, 4.69) is 0 Å². The van der Waals surface area contributed by atoms with E-state index in [1.807, 2.05) is 19.1 Å². The number of methoxy groups -OCH3 is 1. The van der Waals surface area contributed by atoms with E-state index in [-0.39, 0.29) is 5.92 Å². The number of carbonyl (C=O) groups is 1. The molecule has 0 amide bonds. The van der Waals surface area contributed by atoms with Crippen molar-refractivity contribution < 1.29 is 14.6 Å². The topological polar surface area (TPSA) is 46.5 Å². The van der Waals surface area contributed by atoms with E-state index in [0.29, 0.717) is 6.42 Å². The normalized spacial score (nSPS) is 18.3. The average molecular weight is 192 g/mol. The van der Waals surface area contributed by atoms with Crippen LogP contribution in [0.15, 0.2) is 12.1 Å². The van der Waals surface area contributed by atoms with E-state index in [1.165, 1.54) is 0 Å². The van der Waals surface area contributed by atoms with Crippen molar-refractivity contribution in [3.8, 4) is 5.75 Å². The number of benzene rings is 1. The summed E-state index contributed by atoms with van der Waals surface area (Å²) in [5.41, 5.74) is 3.04. The van der Waals surface area contributed by atoms with Crippen LogP contribution in [0.4, 0.5) is 0 Å². The number of carboxylic acid groups (broad SMARTS) is 1. The van der Waals surface area contributed by atoms with Gasteiger partial charge in [-0.2, -0.15) is 0 Å². The molecule has 0 saturated heterocycles. The molecule has 0 aliphatic heterocycles. The smallest absolute Gasteiger partial charge is 0.311 e. The highest BCUT2D eigenvalue weighted by Gasteiger charge is 2.32. The van der Waals surface area contributed by atoms with Crippen molar-refractivity contribution in [1.29, 1.82) is 0 Å². The summed E-state index contributed by atoms with van der Waals surface area (Å²) in [6, 6.07) is 3.85. The third-order valence-electron chi connectivity index (χ3n) is 2.75. The van der Waals surface area contributed by atoms with Crippen LogP contribution in [-0.4, -0.2) is 18.2 Å². The van der Waals surface area contributed by atoms with Gasteiger partial charge in [-0.25, -0.2) is 0 Å². The van der Waals surface area contributed by atoms with E-state index in [1.54, 1.807) is 7.11 Å². The fraction of sp³-hybridized carbons (Fsp3) is 0.364. The molecule has 1 aliphatic carbocycles. The molecule has 0 bridgehead atoms. The quantitative estimate of drug-likeness (QED) is 0.776. The zero-order valence-corrected chi connectivity index (χ0v) is 8.20. The number of hydrogen-bond acceptors (Lipinski definition) is 2. The summed E-state index contributed by atoms with van der Waals surface area (Å²) in [7, 11) is 1.63. The lowest BCUT2D eigenvalue weighted by Gasteiger charge is -2.27. The van der Waals surface area contributed by atoms with Crippen LogP contribution in [-0.2, 0) is 11.2 Å². The van der Waals surface area contributed by atoms with Gasteiger partial charge in [0, 0.05) is 0 Å². The molecule has 2 rings (SSSR count). The Hall–Kier alpha value is -1.51. The van der Waals surface area contributed by atoms with E-state index in [9.17, 15) is 4.79 Å². The molecule has 0 saturated carbocycles. The molecule has 0 radical (unpaired) electrons. The van der Waals surface area contributed by atoms with E-state index in [4.69, 9.17) is 9.84 Å². The molecule has 0 aromatic heterocycles. The molecule has 74 valence electrons. The van der Waals surface area contributed by atoms with Crippen molar-refractivity contribution in [2.75, 3.05) is 7.11 Å². The number of aryl methyl sites for hydroxylation is 1. The summed E-state index contributed by atoms with van der Waals surface area (Å²) in [5, 5.41) is 8.87. The van der Waals surface area contributed by atoms with E-state index < -0.39 is 5.97 Å². The van der Waals surface area contributed by atoms with Crippen LogP contribution in [0.1, 0.15) is 22.6 Å². The first-order valence-electron chi connectivity index (χ1n) is 4.53. The van der Waals surface area contributed by atoms with Crippen LogP contribution >= 0.6 is 0 Å². The molecular weight excluding hydrogens is 180 g/mol. The average Bonchev–Trinajstić information content (AvgIpc) is 2.10. The van der Waals surface area contributed by atoms with Crippen LogP contribution in [0.5, 0.6) is 5.75 Å². The number of fused-ring (bicyclic) bond motifs is 1. The number of hydrogen-bond donors (Lipinski definition) is 1. The molecule has 0 heterocycles. The SMILES string of the molecule is COc1cc2c(cc1C)C(C(=O)O)C2. The van der Waals surface area contributed by atoms with E-state index >= 15 is 0 Å². The minimum atomic E-state index is -0.734. The summed E-state index contributed by atoms with van der Waals surface area (Å²) < 4.78 is 5.16. The Morgan fingerprint density at radius 3 is 2.86 bits per heavy atom. The Balaban J connectivity index is 2.40. The second-order valence-corrected chi connectivity index (χ2v) is 3.62. The van der Waals surface area contributed by atoms with Gasteiger partial charge in [0.25, 0.3) is 0 Å². The third-order valence-corrected chi connectivity index (χ3v) is 2.75. The van der Waals surface area contributed by atoms with Crippen molar-refractivity contribution >= 4 is 5.97 Å². The zero-order chi connectivity index (χ0) is 10.3. The molecule has 14 heavy (non-hydrogen) atoms. The largest absolute Gasteiger partial charge is 0.496 e. The minimum Gasteiger partial charge on any atom is -0.496 e. The summed E-state index contributed by atoms with van der Waals surface area (Å²) in [6.45, 7) is 1.93. The van der Waals surface area contributed by atoms with Gasteiger partial charge in [0.1, 0.15) is 5.75 Å². The first kappa shape index (κ1) is 9.06. The maximum atomic E-state index is 10.8. The van der Waals surface area contributed by atoms with Gasteiger partial charge in [0.15, 0.2) is 0 Å². The highest BCUT2D eigenvalue weighted by atomic mass is 16.5. The minimum absolute atomic E-state index is 0.311. The van der Waals surface area contributed by atoms with Crippen molar-refractivity contribution in [2.45, 2.75) is 19.3 Å². The Morgan fingerprint density at radius 1 is 1.57 bits per heavy atom. The second-order valence-electron chi connectivity index (χ2n) is 3.62. The van der Waals surface area contributed by atoms with Crippen molar-refractivity contribution in [1.82, 2.24) is 0 Å². The number of ether oxygens (including phenoxy) is 1. The number of carboxylic acids is 1. The number of rotatable bonds is 2. The predicted molar refractivity (Wildman–Crippen MR) is 51.8 cm³/mol. The van der Waals surface area contributed by atoms with Gasteiger partial charge < -0.3 is 9.84 Å². The van der Waals surface area contributed by atoms with Gasteiger partial charge in [-0.05, 0) is 36.1 Å². The lowest BCUT2D eigenvalue weighted by Crippen LogP contribution is -2.25. The van der Waals surface area contributed by atoms with Gasteiger partial charge in [-0.15, -0.1) is 0 Å². The van der Waals surface area contributed by atoms with Gasteiger partial charge in [-0.1, -0.05) is 6.07 Å². The van der Waals surface area contributed by atoms with Gasteiger partial charge in [-0.3, -0.25) is 4.79 Å². The summed E-state index contributed by atoms with van der Waals surface area (Å²) in [6.07, 6.45) is 0.626. The Labute approximate surface area is 82.3 Å². The fourth-order valence-corrected chi connectivity index (χ4v) is 1.89. The van der Waals surface area contributed by atoms with Crippen molar-refractivity contribution in [3.05, 3.63) is 28.8 Å². The van der Waals surface area contributed by atoms with Crippen LogP contribution < -0.4 is 4.74 Å². The zero-order valence-electron chi connectivity index (χ0n) is 8.20. The van der Waals surface area contributed by atoms with Crippen molar-refractivity contribution in [3.63, 3.8) is 0 Å². The standard InChI is InChI=1S/C11H12O3/c1-6-3-8-7(5-10(6)14-2)4-9(8)11(12)13/h3,5,9H,4H2,1-2H3,(H,12,13). The molecule has 0 fully saturated rings. The van der Waals surface area contributed by atoms with Crippen LogP contribution in [0, 0.1) is 6.92 Å². The molecule has 1 unspecified atom stereocenters. The summed E-state index contributed by atoms with van der Waals surface area (Å²) in [4.78, 5) is 10.8.